The second-order valence-corrected chi connectivity index (χ2v) is 17.5. The molecule has 0 aliphatic carbocycles. The number of hydrogen-bond donors (Lipinski definition) is 0. The molecule has 12 rings (SSSR count). The third kappa shape index (κ3) is 5.15. The first kappa shape index (κ1) is 35.5. The highest BCUT2D eigenvalue weighted by Crippen LogP contribution is 2.55. The maximum absolute atomic E-state index is 6.70. The van der Waals surface area contributed by atoms with Crippen LogP contribution in [0.2, 0.25) is 0 Å². The van der Waals surface area contributed by atoms with Crippen LogP contribution in [0.15, 0.2) is 182 Å². The van der Waals surface area contributed by atoms with Gasteiger partial charge in [-0.25, -0.2) is 4.98 Å². The minimum atomic E-state index is -0.320. The Balaban J connectivity index is 1.22. The van der Waals surface area contributed by atoms with E-state index in [4.69, 9.17) is 14.5 Å². The topological polar surface area (TPSA) is 36.3 Å². The van der Waals surface area contributed by atoms with Crippen molar-refractivity contribution in [3.05, 3.63) is 204 Å². The molecule has 2 aliphatic rings. The summed E-state index contributed by atoms with van der Waals surface area (Å²) in [6.45, 7) is 9.30. The second-order valence-electron chi connectivity index (χ2n) is 17.5. The largest absolute Gasteiger partial charge is 0.457 e. The van der Waals surface area contributed by atoms with Crippen molar-refractivity contribution >= 4 is 32.6 Å². The second kappa shape index (κ2) is 13.0. The van der Waals surface area contributed by atoms with Crippen LogP contribution in [0.5, 0.6) is 23.0 Å². The molecule has 0 amide bonds. The van der Waals surface area contributed by atoms with Gasteiger partial charge in [-0.1, -0.05) is 167 Å². The van der Waals surface area contributed by atoms with Gasteiger partial charge in [-0.3, -0.25) is 4.57 Å². The molecule has 292 valence electrons. The van der Waals surface area contributed by atoms with Crippen LogP contribution in [0.1, 0.15) is 49.9 Å². The Morgan fingerprint density at radius 3 is 1.44 bits per heavy atom. The Labute approximate surface area is 355 Å². The van der Waals surface area contributed by atoms with E-state index in [1.165, 1.54) is 22.3 Å². The number of hydrogen-bond acceptors (Lipinski definition) is 3. The van der Waals surface area contributed by atoms with Crippen LogP contribution in [0.4, 0.5) is 0 Å². The van der Waals surface area contributed by atoms with Gasteiger partial charge >= 0.3 is 0 Å². The van der Waals surface area contributed by atoms with Gasteiger partial charge in [-0.2, -0.15) is 0 Å². The zero-order valence-electron chi connectivity index (χ0n) is 34.5. The van der Waals surface area contributed by atoms with E-state index in [9.17, 15) is 0 Å². The molecular weight excluding hydrogens is 745 g/mol. The highest BCUT2D eigenvalue weighted by Gasteiger charge is 2.38. The molecule has 9 aromatic carbocycles. The Morgan fingerprint density at radius 2 is 0.869 bits per heavy atom. The fraction of sp³-hybridized carbons (Fsp3) is 0.105. The van der Waals surface area contributed by atoms with Crippen molar-refractivity contribution in [2.75, 3.05) is 0 Å². The smallest absolute Gasteiger partial charge is 0.145 e. The van der Waals surface area contributed by atoms with E-state index in [-0.39, 0.29) is 10.8 Å². The van der Waals surface area contributed by atoms with E-state index in [1.807, 2.05) is 0 Å². The molecule has 0 radical (unpaired) electrons. The predicted octanol–water partition coefficient (Wildman–Crippen LogP) is 15.2. The molecule has 0 bridgehead atoms. The van der Waals surface area contributed by atoms with Crippen LogP contribution < -0.4 is 9.47 Å². The summed E-state index contributed by atoms with van der Waals surface area (Å²) in [4.78, 5) is 5.36. The minimum absolute atomic E-state index is 0.320. The summed E-state index contributed by atoms with van der Waals surface area (Å²) in [5.74, 6) is 4.51. The lowest BCUT2D eigenvalue weighted by Gasteiger charge is -2.36. The summed E-state index contributed by atoms with van der Waals surface area (Å²) < 4.78 is 15.8. The molecule has 1 aromatic heterocycles. The van der Waals surface area contributed by atoms with Crippen molar-refractivity contribution < 1.29 is 9.47 Å². The van der Waals surface area contributed by atoms with Crippen LogP contribution in [0, 0.1) is 0 Å². The van der Waals surface area contributed by atoms with Gasteiger partial charge in [-0.15, -0.1) is 0 Å². The SMILES string of the molecule is CC1(C)c2ccccc2Oc2cccc(-c3cccc4c(-n5c(-c6ccccc6)nc6ccccc65)c5cccc(-c6cccc7c6C(C)(C)c6ccccc6O7)c5cc34)c21. The van der Waals surface area contributed by atoms with E-state index in [2.05, 4.69) is 214 Å². The first-order valence-electron chi connectivity index (χ1n) is 21.1. The van der Waals surface area contributed by atoms with Crippen LogP contribution in [0.25, 0.3) is 71.9 Å². The van der Waals surface area contributed by atoms with Gasteiger partial charge < -0.3 is 9.47 Å². The maximum Gasteiger partial charge on any atom is 0.145 e. The summed E-state index contributed by atoms with van der Waals surface area (Å²) in [6.07, 6.45) is 0. The summed E-state index contributed by atoms with van der Waals surface area (Å²) in [5.41, 5.74) is 12.9. The standard InChI is InChI=1S/C57H42N2O2/c1-56(2)44-26-8-12-30-48(44)60-50-32-16-22-38(52(50)56)36-20-14-24-40-42(36)34-43-37(39-23-17-33-51-53(39)57(3,4)45-27-9-13-31-49(45)61-51)21-15-25-41(43)54(40)59-47-29-11-10-28-46(47)58-55(59)35-18-6-5-7-19-35/h5-34H,1-4H3. The summed E-state index contributed by atoms with van der Waals surface area (Å²) in [5, 5.41) is 4.59. The number of rotatable bonds is 4. The fourth-order valence-corrected chi connectivity index (χ4v) is 10.5. The molecule has 4 heteroatoms. The minimum Gasteiger partial charge on any atom is -0.457 e. The van der Waals surface area contributed by atoms with E-state index < -0.39 is 0 Å². The van der Waals surface area contributed by atoms with Crippen molar-refractivity contribution in [2.24, 2.45) is 0 Å². The normalized spacial score (nSPS) is 14.4. The van der Waals surface area contributed by atoms with Crippen molar-refractivity contribution in [1.29, 1.82) is 0 Å². The molecule has 4 nitrogen and oxygen atoms in total. The zero-order valence-corrected chi connectivity index (χ0v) is 34.5. The van der Waals surface area contributed by atoms with Gasteiger partial charge in [0.15, 0.2) is 0 Å². The molecule has 0 spiro atoms. The molecule has 0 fully saturated rings. The van der Waals surface area contributed by atoms with Crippen LogP contribution in [0.3, 0.4) is 0 Å². The quantitative estimate of drug-likeness (QED) is 0.167. The molecule has 0 unspecified atom stereocenters. The van der Waals surface area contributed by atoms with E-state index in [0.29, 0.717) is 0 Å². The number of aromatic nitrogens is 2. The van der Waals surface area contributed by atoms with Gasteiger partial charge in [0, 0.05) is 49.4 Å². The van der Waals surface area contributed by atoms with Crippen molar-refractivity contribution in [3.63, 3.8) is 0 Å². The molecule has 61 heavy (non-hydrogen) atoms. The monoisotopic (exact) mass is 786 g/mol. The summed E-state index contributed by atoms with van der Waals surface area (Å²) in [7, 11) is 0. The Morgan fingerprint density at radius 1 is 0.410 bits per heavy atom. The number of para-hydroxylation sites is 4. The molecule has 10 aromatic rings. The fourth-order valence-electron chi connectivity index (χ4n) is 10.5. The Hall–Kier alpha value is -7.43. The summed E-state index contributed by atoms with van der Waals surface area (Å²) in [6, 6.07) is 65.1. The molecule has 0 N–H and O–H groups in total. The van der Waals surface area contributed by atoms with Crippen LogP contribution in [-0.2, 0) is 10.8 Å². The van der Waals surface area contributed by atoms with Gasteiger partial charge in [0.05, 0.1) is 16.7 Å². The van der Waals surface area contributed by atoms with E-state index in [0.717, 1.165) is 94.9 Å². The molecule has 0 saturated heterocycles. The third-order valence-electron chi connectivity index (χ3n) is 13.3. The average Bonchev–Trinajstić information content (AvgIpc) is 3.67. The van der Waals surface area contributed by atoms with Crippen molar-refractivity contribution in [2.45, 2.75) is 38.5 Å². The highest BCUT2D eigenvalue weighted by molar-refractivity contribution is 6.16. The van der Waals surface area contributed by atoms with Crippen molar-refractivity contribution in [1.82, 2.24) is 9.55 Å². The number of benzene rings is 9. The third-order valence-corrected chi connectivity index (χ3v) is 13.3. The first-order chi connectivity index (χ1) is 29.8. The lowest BCUT2D eigenvalue weighted by molar-refractivity contribution is 0.418. The maximum atomic E-state index is 6.70. The lowest BCUT2D eigenvalue weighted by Crippen LogP contribution is -2.25. The van der Waals surface area contributed by atoms with E-state index in [1.54, 1.807) is 0 Å². The highest BCUT2D eigenvalue weighted by atomic mass is 16.5. The van der Waals surface area contributed by atoms with Crippen LogP contribution >= 0.6 is 0 Å². The number of nitrogens with zero attached hydrogens (tertiary/aromatic N) is 2. The Kier molecular flexibility index (Phi) is 7.59. The lowest BCUT2D eigenvalue weighted by atomic mass is 9.72. The van der Waals surface area contributed by atoms with E-state index >= 15 is 0 Å². The van der Waals surface area contributed by atoms with Gasteiger partial charge in [-0.05, 0) is 75.5 Å². The molecule has 0 atom stereocenters. The average molecular weight is 787 g/mol. The molecule has 0 saturated carbocycles. The van der Waals surface area contributed by atoms with Gasteiger partial charge in [0.25, 0.3) is 0 Å². The number of fused-ring (bicyclic) bond motifs is 7. The molecule has 3 heterocycles. The number of imidazole rings is 1. The van der Waals surface area contributed by atoms with Gasteiger partial charge in [0.2, 0.25) is 0 Å². The molecular formula is C57H42N2O2. The summed E-state index contributed by atoms with van der Waals surface area (Å²) >= 11 is 0. The predicted molar refractivity (Wildman–Crippen MR) is 250 cm³/mol. The first-order valence-corrected chi connectivity index (χ1v) is 21.1. The zero-order chi connectivity index (χ0) is 41.0. The van der Waals surface area contributed by atoms with Crippen LogP contribution in [-0.4, -0.2) is 9.55 Å². The molecule has 2 aliphatic heterocycles. The Bertz CT molecular complexity index is 3260. The van der Waals surface area contributed by atoms with Gasteiger partial charge in [0.1, 0.15) is 28.8 Å². The number of ether oxygens (including phenoxy) is 2. The van der Waals surface area contributed by atoms with Crippen molar-refractivity contribution in [3.8, 4) is 62.3 Å².